The molecule has 0 fully saturated rings. The highest BCUT2D eigenvalue weighted by Crippen LogP contribution is 2.23. The van der Waals surface area contributed by atoms with E-state index in [-0.39, 0.29) is 0 Å². The highest BCUT2D eigenvalue weighted by molar-refractivity contribution is 5.81. The highest BCUT2D eigenvalue weighted by Gasteiger charge is 2.14. The van der Waals surface area contributed by atoms with E-state index in [1.807, 2.05) is 0 Å². The van der Waals surface area contributed by atoms with Crippen molar-refractivity contribution in [1.29, 1.82) is 0 Å². The predicted molar refractivity (Wildman–Crippen MR) is 44.9 cm³/mol. The molecular formula is C8H5FN2O2. The first-order valence-electron chi connectivity index (χ1n) is 3.59. The molecule has 1 aromatic carbocycles. The van der Waals surface area contributed by atoms with Crippen molar-refractivity contribution in [2.24, 2.45) is 0 Å². The molecule has 13 heavy (non-hydrogen) atoms. The monoisotopic (exact) mass is 180 g/mol. The first-order chi connectivity index (χ1) is 6.18. The van der Waals surface area contributed by atoms with E-state index in [9.17, 15) is 14.5 Å². The fraction of sp³-hybridized carbons (Fsp3) is 0. The second-order valence-corrected chi connectivity index (χ2v) is 2.63. The van der Waals surface area contributed by atoms with Crippen LogP contribution in [0.2, 0.25) is 0 Å². The van der Waals surface area contributed by atoms with Gasteiger partial charge in [0.05, 0.1) is 10.4 Å². The molecule has 0 atom stereocenters. The molecule has 0 bridgehead atoms. The molecule has 66 valence electrons. The molecule has 1 N–H and O–H groups in total. The van der Waals surface area contributed by atoms with Gasteiger partial charge in [-0.2, -0.15) is 4.39 Å². The van der Waals surface area contributed by atoms with Crippen LogP contribution in [0.3, 0.4) is 0 Å². The van der Waals surface area contributed by atoms with E-state index >= 15 is 0 Å². The fourth-order valence-electron chi connectivity index (χ4n) is 1.20. The summed E-state index contributed by atoms with van der Waals surface area (Å²) in [5, 5.41) is 11.0. The van der Waals surface area contributed by atoms with Crippen LogP contribution in [0, 0.1) is 15.9 Å². The van der Waals surface area contributed by atoms with Gasteiger partial charge in [0.2, 0.25) is 5.82 Å². The van der Waals surface area contributed by atoms with Crippen molar-refractivity contribution in [2.75, 3.05) is 0 Å². The van der Waals surface area contributed by atoms with Crippen LogP contribution in [0.5, 0.6) is 0 Å². The van der Waals surface area contributed by atoms with Gasteiger partial charge in [-0.25, -0.2) is 0 Å². The fourth-order valence-corrected chi connectivity index (χ4v) is 1.20. The van der Waals surface area contributed by atoms with Gasteiger partial charge in [-0.1, -0.05) is 0 Å². The van der Waals surface area contributed by atoms with Gasteiger partial charge < -0.3 is 4.98 Å². The maximum atomic E-state index is 13.0. The molecule has 0 aliphatic heterocycles. The van der Waals surface area contributed by atoms with E-state index in [2.05, 4.69) is 4.98 Å². The number of nitro groups is 1. The summed E-state index contributed by atoms with van der Waals surface area (Å²) >= 11 is 0. The Morgan fingerprint density at radius 3 is 2.92 bits per heavy atom. The first kappa shape index (κ1) is 7.72. The van der Waals surface area contributed by atoms with Crippen molar-refractivity contribution in [3.63, 3.8) is 0 Å². The Kier molecular flexibility index (Phi) is 1.51. The molecule has 1 aromatic heterocycles. The van der Waals surface area contributed by atoms with Crippen LogP contribution in [-0.2, 0) is 0 Å². The number of halogens is 1. The molecule has 0 saturated heterocycles. The van der Waals surface area contributed by atoms with Gasteiger partial charge in [0, 0.05) is 17.6 Å². The summed E-state index contributed by atoms with van der Waals surface area (Å²) < 4.78 is 13.0. The normalized spacial score (nSPS) is 10.5. The number of nitro benzene ring substituents is 1. The summed E-state index contributed by atoms with van der Waals surface area (Å²) in [5.41, 5.74) is 0.0584. The van der Waals surface area contributed by atoms with Gasteiger partial charge >= 0.3 is 5.69 Å². The SMILES string of the molecule is O=[N+]([O-])c1cc2[nH]ccc2cc1F. The smallest absolute Gasteiger partial charge is 0.306 e. The summed E-state index contributed by atoms with van der Waals surface area (Å²) in [6, 6.07) is 3.98. The topological polar surface area (TPSA) is 58.9 Å². The van der Waals surface area contributed by atoms with Crippen molar-refractivity contribution in [2.45, 2.75) is 0 Å². The van der Waals surface area contributed by atoms with Crippen molar-refractivity contribution in [3.8, 4) is 0 Å². The lowest BCUT2D eigenvalue weighted by Crippen LogP contribution is -1.91. The van der Waals surface area contributed by atoms with Gasteiger partial charge in [-0.15, -0.1) is 0 Å². The van der Waals surface area contributed by atoms with Crippen LogP contribution >= 0.6 is 0 Å². The molecule has 0 spiro atoms. The number of hydrogen-bond donors (Lipinski definition) is 1. The molecule has 2 aromatic rings. The van der Waals surface area contributed by atoms with Gasteiger partial charge in [0.25, 0.3) is 0 Å². The average molecular weight is 180 g/mol. The van der Waals surface area contributed by atoms with Crippen LogP contribution < -0.4 is 0 Å². The van der Waals surface area contributed by atoms with Gasteiger partial charge in [-0.05, 0) is 12.1 Å². The standard InChI is InChI=1S/C8H5FN2O2/c9-6-3-5-1-2-10-7(5)4-8(6)11(12)13/h1-4,10H. The summed E-state index contributed by atoms with van der Waals surface area (Å²) in [7, 11) is 0. The van der Waals surface area contributed by atoms with Crippen molar-refractivity contribution in [1.82, 2.24) is 4.98 Å². The largest absolute Gasteiger partial charge is 0.361 e. The van der Waals surface area contributed by atoms with E-state index in [1.54, 1.807) is 12.3 Å². The molecule has 2 rings (SSSR count). The second kappa shape index (κ2) is 2.55. The summed E-state index contributed by atoms with van der Waals surface area (Å²) in [4.78, 5) is 12.4. The summed E-state index contributed by atoms with van der Waals surface area (Å²) in [5.74, 6) is -0.808. The second-order valence-electron chi connectivity index (χ2n) is 2.63. The lowest BCUT2D eigenvalue weighted by atomic mass is 10.2. The summed E-state index contributed by atoms with van der Waals surface area (Å²) in [6.07, 6.45) is 1.60. The minimum absolute atomic E-state index is 0.505. The number of fused-ring (bicyclic) bond motifs is 1. The van der Waals surface area contributed by atoms with E-state index < -0.39 is 16.4 Å². The van der Waals surface area contributed by atoms with Gasteiger partial charge in [-0.3, -0.25) is 10.1 Å². The van der Waals surface area contributed by atoms with Crippen LogP contribution in [-0.4, -0.2) is 9.91 Å². The zero-order valence-electron chi connectivity index (χ0n) is 6.45. The van der Waals surface area contributed by atoms with E-state index in [4.69, 9.17) is 0 Å². The number of nitrogens with zero attached hydrogens (tertiary/aromatic N) is 1. The van der Waals surface area contributed by atoms with Crippen LogP contribution in [0.25, 0.3) is 10.9 Å². The number of hydrogen-bond acceptors (Lipinski definition) is 2. The van der Waals surface area contributed by atoms with E-state index in [1.165, 1.54) is 6.07 Å². The number of benzene rings is 1. The molecule has 0 aliphatic rings. The number of rotatable bonds is 1. The molecule has 1 heterocycles. The number of nitrogens with one attached hydrogen (secondary N) is 1. The zero-order chi connectivity index (χ0) is 9.42. The maximum Gasteiger partial charge on any atom is 0.306 e. The molecule has 0 radical (unpaired) electrons. The minimum atomic E-state index is -0.808. The van der Waals surface area contributed by atoms with Crippen LogP contribution in [0.4, 0.5) is 10.1 Å². The van der Waals surface area contributed by atoms with Crippen molar-refractivity contribution >= 4 is 16.6 Å². The Bertz CT molecular complexity index is 478. The zero-order valence-corrected chi connectivity index (χ0v) is 6.45. The Morgan fingerprint density at radius 1 is 1.46 bits per heavy atom. The Labute approximate surface area is 72.1 Å². The van der Waals surface area contributed by atoms with Gasteiger partial charge in [0.15, 0.2) is 0 Å². The molecule has 0 unspecified atom stereocenters. The van der Waals surface area contributed by atoms with Crippen LogP contribution in [0.15, 0.2) is 24.4 Å². The first-order valence-corrected chi connectivity index (χ1v) is 3.59. The Balaban J connectivity index is 2.76. The summed E-state index contributed by atoms with van der Waals surface area (Å²) in [6.45, 7) is 0. The molecule has 0 saturated carbocycles. The number of aromatic nitrogens is 1. The molecule has 4 nitrogen and oxygen atoms in total. The lowest BCUT2D eigenvalue weighted by Gasteiger charge is -1.93. The van der Waals surface area contributed by atoms with E-state index in [0.29, 0.717) is 10.9 Å². The van der Waals surface area contributed by atoms with Gasteiger partial charge in [0.1, 0.15) is 0 Å². The lowest BCUT2D eigenvalue weighted by molar-refractivity contribution is -0.387. The minimum Gasteiger partial charge on any atom is -0.361 e. The molecule has 0 aliphatic carbocycles. The van der Waals surface area contributed by atoms with Crippen LogP contribution in [0.1, 0.15) is 0 Å². The third-order valence-corrected chi connectivity index (χ3v) is 1.82. The third kappa shape index (κ3) is 1.14. The maximum absolute atomic E-state index is 13.0. The third-order valence-electron chi connectivity index (χ3n) is 1.82. The predicted octanol–water partition coefficient (Wildman–Crippen LogP) is 2.22. The molecule has 5 heteroatoms. The molecular weight excluding hydrogens is 175 g/mol. The van der Waals surface area contributed by atoms with Crippen molar-refractivity contribution in [3.05, 3.63) is 40.3 Å². The highest BCUT2D eigenvalue weighted by atomic mass is 19.1. The number of H-pyrrole nitrogens is 1. The quantitative estimate of drug-likeness (QED) is 0.540. The number of aromatic amines is 1. The van der Waals surface area contributed by atoms with E-state index in [0.717, 1.165) is 6.07 Å². The van der Waals surface area contributed by atoms with Crippen molar-refractivity contribution < 1.29 is 9.31 Å². The average Bonchev–Trinajstić information content (AvgIpc) is 2.48. The Morgan fingerprint density at radius 2 is 2.23 bits per heavy atom. The Hall–Kier alpha value is -1.91. The molecule has 0 amide bonds.